The number of nitrogens with zero attached hydrogens (tertiary/aromatic N) is 1. The van der Waals surface area contributed by atoms with Crippen molar-refractivity contribution in [2.24, 2.45) is 5.92 Å². The predicted octanol–water partition coefficient (Wildman–Crippen LogP) is 1.93. The van der Waals surface area contributed by atoms with E-state index in [1.165, 1.54) is 6.07 Å². The molecule has 17 heavy (non-hydrogen) atoms. The second-order valence-electron chi connectivity index (χ2n) is 4.26. The molecule has 1 N–H and O–H groups in total. The number of aliphatic hydroxyl groups excluding tert-OH is 1. The van der Waals surface area contributed by atoms with Gasteiger partial charge in [-0.05, 0) is 12.1 Å². The van der Waals surface area contributed by atoms with Crippen molar-refractivity contribution in [3.05, 3.63) is 34.1 Å². The second-order valence-corrected chi connectivity index (χ2v) is 5.18. The minimum atomic E-state index is -0.320. The lowest BCUT2D eigenvalue weighted by Gasteiger charge is -2.16. The molecule has 1 fully saturated rings. The molecular formula is C12H13BrFNO2. The Hall–Kier alpha value is -0.940. The van der Waals surface area contributed by atoms with Crippen LogP contribution in [0.5, 0.6) is 0 Å². The van der Waals surface area contributed by atoms with Crippen molar-refractivity contribution in [1.82, 2.24) is 4.90 Å². The van der Waals surface area contributed by atoms with E-state index in [0.717, 1.165) is 0 Å². The Bertz CT molecular complexity index is 439. The largest absolute Gasteiger partial charge is 0.396 e. The van der Waals surface area contributed by atoms with Crippen molar-refractivity contribution in [1.29, 1.82) is 0 Å². The van der Waals surface area contributed by atoms with Crippen molar-refractivity contribution in [3.63, 3.8) is 0 Å². The summed E-state index contributed by atoms with van der Waals surface area (Å²) in [5.74, 6) is -0.355. The number of benzene rings is 1. The second kappa shape index (κ2) is 5.14. The van der Waals surface area contributed by atoms with Gasteiger partial charge in [-0.2, -0.15) is 0 Å². The van der Waals surface area contributed by atoms with E-state index < -0.39 is 0 Å². The zero-order valence-corrected chi connectivity index (χ0v) is 10.8. The van der Waals surface area contributed by atoms with Gasteiger partial charge in [0.15, 0.2) is 0 Å². The Labute approximate surface area is 107 Å². The Morgan fingerprint density at radius 3 is 2.88 bits per heavy atom. The molecule has 0 spiro atoms. The summed E-state index contributed by atoms with van der Waals surface area (Å²) in [5.41, 5.74) is 0.500. The molecule has 0 aliphatic carbocycles. The minimum Gasteiger partial charge on any atom is -0.396 e. The molecule has 1 atom stereocenters. The number of hydrogen-bond acceptors (Lipinski definition) is 2. The average molecular weight is 302 g/mol. The van der Waals surface area contributed by atoms with E-state index in [2.05, 4.69) is 15.9 Å². The fraction of sp³-hybridized carbons (Fsp3) is 0.417. The molecule has 1 aliphatic heterocycles. The summed E-state index contributed by atoms with van der Waals surface area (Å²) >= 11 is 3.19. The van der Waals surface area contributed by atoms with Crippen molar-refractivity contribution in [2.45, 2.75) is 13.0 Å². The standard InChI is InChI=1S/C12H13BrFNO2/c13-10-2-1-9(11(14)4-10)6-15-5-8(7-16)3-12(15)17/h1-2,4,8,16H,3,5-7H2. The molecule has 1 saturated heterocycles. The highest BCUT2D eigenvalue weighted by Gasteiger charge is 2.29. The van der Waals surface area contributed by atoms with Crippen LogP contribution in [0.4, 0.5) is 4.39 Å². The first kappa shape index (κ1) is 12.5. The van der Waals surface area contributed by atoms with Crippen molar-refractivity contribution < 1.29 is 14.3 Å². The first-order chi connectivity index (χ1) is 8.10. The highest BCUT2D eigenvalue weighted by atomic mass is 79.9. The molecule has 0 aromatic heterocycles. The quantitative estimate of drug-likeness (QED) is 0.927. The van der Waals surface area contributed by atoms with Gasteiger partial charge in [-0.25, -0.2) is 4.39 Å². The summed E-state index contributed by atoms with van der Waals surface area (Å²) in [6, 6.07) is 4.81. The number of carbonyl (C=O) groups is 1. The molecule has 1 heterocycles. The van der Waals surface area contributed by atoms with Crippen LogP contribution in [0.1, 0.15) is 12.0 Å². The van der Waals surface area contributed by atoms with Gasteiger partial charge in [0.05, 0.1) is 0 Å². The Kier molecular flexibility index (Phi) is 3.79. The number of hydrogen-bond donors (Lipinski definition) is 1. The summed E-state index contributed by atoms with van der Waals surface area (Å²) in [6.45, 7) is 0.782. The predicted molar refractivity (Wildman–Crippen MR) is 64.7 cm³/mol. The maximum absolute atomic E-state index is 13.6. The average Bonchev–Trinajstić information content (AvgIpc) is 2.64. The molecule has 1 aromatic rings. The molecule has 1 aromatic carbocycles. The van der Waals surface area contributed by atoms with E-state index in [4.69, 9.17) is 5.11 Å². The van der Waals surface area contributed by atoms with Crippen molar-refractivity contribution >= 4 is 21.8 Å². The van der Waals surface area contributed by atoms with Crippen molar-refractivity contribution in [2.75, 3.05) is 13.2 Å². The summed E-state index contributed by atoms with van der Waals surface area (Å²) in [5, 5.41) is 9.00. The Balaban J connectivity index is 2.08. The molecule has 0 saturated carbocycles. The maximum Gasteiger partial charge on any atom is 0.223 e. The number of halogens is 2. The monoisotopic (exact) mass is 301 g/mol. The van der Waals surface area contributed by atoms with Crippen LogP contribution in [0.2, 0.25) is 0 Å². The van der Waals surface area contributed by atoms with Crippen LogP contribution in [0.3, 0.4) is 0 Å². The SMILES string of the molecule is O=C1CC(CO)CN1Cc1ccc(Br)cc1F. The molecule has 5 heteroatoms. The van der Waals surface area contributed by atoms with Crippen LogP contribution in [-0.2, 0) is 11.3 Å². The van der Waals surface area contributed by atoms with E-state index >= 15 is 0 Å². The first-order valence-corrected chi connectivity index (χ1v) is 6.22. The van der Waals surface area contributed by atoms with Gasteiger partial charge in [0.25, 0.3) is 0 Å². The summed E-state index contributed by atoms with van der Waals surface area (Å²) < 4.78 is 14.3. The van der Waals surface area contributed by atoms with Gasteiger partial charge in [-0.3, -0.25) is 4.79 Å². The van der Waals surface area contributed by atoms with E-state index in [1.807, 2.05) is 0 Å². The van der Waals surface area contributed by atoms with Gasteiger partial charge in [0, 0.05) is 42.1 Å². The number of rotatable bonds is 3. The first-order valence-electron chi connectivity index (χ1n) is 5.42. The molecule has 0 radical (unpaired) electrons. The van der Waals surface area contributed by atoms with Crippen LogP contribution in [0.25, 0.3) is 0 Å². The van der Waals surface area contributed by atoms with Crippen molar-refractivity contribution in [3.8, 4) is 0 Å². The topological polar surface area (TPSA) is 40.5 Å². The molecule has 2 rings (SSSR count). The van der Waals surface area contributed by atoms with E-state index in [1.54, 1.807) is 17.0 Å². The van der Waals surface area contributed by atoms with Gasteiger partial charge in [0.1, 0.15) is 5.82 Å². The highest BCUT2D eigenvalue weighted by molar-refractivity contribution is 9.10. The Morgan fingerprint density at radius 1 is 1.53 bits per heavy atom. The van der Waals surface area contributed by atoms with Gasteiger partial charge in [-0.15, -0.1) is 0 Å². The number of amides is 1. The summed E-state index contributed by atoms with van der Waals surface area (Å²) in [7, 11) is 0. The number of likely N-dealkylation sites (tertiary alicyclic amines) is 1. The van der Waals surface area contributed by atoms with Crippen LogP contribution in [0, 0.1) is 11.7 Å². The third-order valence-electron chi connectivity index (χ3n) is 2.93. The molecule has 1 unspecified atom stereocenters. The summed E-state index contributed by atoms with van der Waals surface area (Å²) in [6.07, 6.45) is 0.356. The molecule has 92 valence electrons. The normalized spacial score (nSPS) is 20.1. The lowest BCUT2D eigenvalue weighted by atomic mass is 10.1. The molecule has 3 nitrogen and oxygen atoms in total. The molecule has 1 aliphatic rings. The zero-order chi connectivity index (χ0) is 12.4. The van der Waals surface area contributed by atoms with Gasteiger partial charge in [-0.1, -0.05) is 22.0 Å². The lowest BCUT2D eigenvalue weighted by molar-refractivity contribution is -0.128. The summed E-state index contributed by atoms with van der Waals surface area (Å²) in [4.78, 5) is 13.2. The Morgan fingerprint density at radius 2 is 2.29 bits per heavy atom. The van der Waals surface area contributed by atoms with Crippen LogP contribution >= 0.6 is 15.9 Å². The fourth-order valence-electron chi connectivity index (χ4n) is 1.98. The van der Waals surface area contributed by atoms with Crippen LogP contribution < -0.4 is 0 Å². The fourth-order valence-corrected chi connectivity index (χ4v) is 2.32. The third kappa shape index (κ3) is 2.84. The molecule has 1 amide bonds. The minimum absolute atomic E-state index is 0.00502. The smallest absolute Gasteiger partial charge is 0.223 e. The van der Waals surface area contributed by atoms with E-state index in [9.17, 15) is 9.18 Å². The lowest BCUT2D eigenvalue weighted by Crippen LogP contribution is -2.25. The number of aliphatic hydroxyl groups is 1. The zero-order valence-electron chi connectivity index (χ0n) is 9.20. The van der Waals surface area contributed by atoms with Gasteiger partial charge in [0.2, 0.25) is 5.91 Å². The van der Waals surface area contributed by atoms with E-state index in [0.29, 0.717) is 23.0 Å². The third-order valence-corrected chi connectivity index (χ3v) is 3.42. The van der Waals surface area contributed by atoms with Crippen LogP contribution in [-0.4, -0.2) is 29.1 Å². The van der Waals surface area contributed by atoms with Gasteiger partial charge >= 0.3 is 0 Å². The van der Waals surface area contributed by atoms with Crippen LogP contribution in [0.15, 0.2) is 22.7 Å². The number of carbonyl (C=O) groups excluding carboxylic acids is 1. The maximum atomic E-state index is 13.6. The molecular weight excluding hydrogens is 289 g/mol. The van der Waals surface area contributed by atoms with E-state index in [-0.39, 0.29) is 30.8 Å². The van der Waals surface area contributed by atoms with Gasteiger partial charge < -0.3 is 10.0 Å². The highest BCUT2D eigenvalue weighted by Crippen LogP contribution is 2.22. The molecule has 0 bridgehead atoms.